The lowest BCUT2D eigenvalue weighted by Crippen LogP contribution is -2.30. The van der Waals surface area contributed by atoms with Crippen LogP contribution in [0.1, 0.15) is 279 Å². The SMILES string of the molecule is CCCCCCCCCCCC(=O)O[C@@H](COC(=O)CCCCCCCCCCCCCCCCCCC(C)C)COC(=O)CCCCCCCCCCC(C)C. The molecule has 0 aliphatic carbocycles. The van der Waals surface area contributed by atoms with Gasteiger partial charge in [0.05, 0.1) is 0 Å². The lowest BCUT2D eigenvalue weighted by Gasteiger charge is -2.18. The number of unbranched alkanes of at least 4 members (excludes halogenated alkanes) is 30. The van der Waals surface area contributed by atoms with Crippen molar-refractivity contribution >= 4 is 17.9 Å². The first-order valence-corrected chi connectivity index (χ1v) is 25.2. The van der Waals surface area contributed by atoms with Crippen molar-refractivity contribution in [3.05, 3.63) is 0 Å². The van der Waals surface area contributed by atoms with Crippen LogP contribution in [0.4, 0.5) is 0 Å². The first-order valence-electron chi connectivity index (χ1n) is 25.2. The summed E-state index contributed by atoms with van der Waals surface area (Å²) in [4.78, 5) is 37.8. The van der Waals surface area contributed by atoms with Gasteiger partial charge >= 0.3 is 17.9 Å². The molecule has 0 amide bonds. The second-order valence-electron chi connectivity index (χ2n) is 18.4. The number of carbonyl (C=O) groups excluding carboxylic acids is 3. The molecule has 1 atom stereocenters. The minimum atomic E-state index is -0.760. The molecule has 57 heavy (non-hydrogen) atoms. The average Bonchev–Trinajstić information content (AvgIpc) is 3.18. The van der Waals surface area contributed by atoms with Crippen LogP contribution in [0.2, 0.25) is 0 Å². The van der Waals surface area contributed by atoms with E-state index in [2.05, 4.69) is 34.6 Å². The van der Waals surface area contributed by atoms with E-state index in [1.165, 1.54) is 167 Å². The largest absolute Gasteiger partial charge is 0.462 e. The molecule has 0 aliphatic rings. The van der Waals surface area contributed by atoms with Crippen molar-refractivity contribution in [1.29, 1.82) is 0 Å². The van der Waals surface area contributed by atoms with Gasteiger partial charge in [0.25, 0.3) is 0 Å². The third-order valence-electron chi connectivity index (χ3n) is 11.5. The number of ether oxygens (including phenoxy) is 3. The normalized spacial score (nSPS) is 12.1. The lowest BCUT2D eigenvalue weighted by atomic mass is 10.0. The predicted molar refractivity (Wildman–Crippen MR) is 243 cm³/mol. The zero-order valence-electron chi connectivity index (χ0n) is 39.0. The van der Waals surface area contributed by atoms with Gasteiger partial charge in [0, 0.05) is 19.3 Å². The van der Waals surface area contributed by atoms with Crippen LogP contribution in [0.5, 0.6) is 0 Å². The second-order valence-corrected chi connectivity index (χ2v) is 18.4. The highest BCUT2D eigenvalue weighted by Gasteiger charge is 2.19. The van der Waals surface area contributed by atoms with E-state index in [1.807, 2.05) is 0 Å². The molecule has 0 unspecified atom stereocenters. The topological polar surface area (TPSA) is 78.9 Å². The van der Waals surface area contributed by atoms with E-state index >= 15 is 0 Å². The van der Waals surface area contributed by atoms with Crippen LogP contribution >= 0.6 is 0 Å². The van der Waals surface area contributed by atoms with Crippen LogP contribution in [0, 0.1) is 11.8 Å². The Morgan fingerprint density at radius 1 is 0.333 bits per heavy atom. The minimum absolute atomic E-state index is 0.0643. The zero-order chi connectivity index (χ0) is 41.9. The van der Waals surface area contributed by atoms with Crippen molar-refractivity contribution in [1.82, 2.24) is 0 Å². The maximum absolute atomic E-state index is 12.7. The summed E-state index contributed by atoms with van der Waals surface area (Å²) in [6.45, 7) is 11.3. The Kier molecular flexibility index (Phi) is 42.7. The van der Waals surface area contributed by atoms with Crippen molar-refractivity contribution in [2.75, 3.05) is 13.2 Å². The summed E-state index contributed by atoms with van der Waals surface area (Å²) < 4.78 is 16.7. The van der Waals surface area contributed by atoms with Crippen LogP contribution < -0.4 is 0 Å². The van der Waals surface area contributed by atoms with Crippen LogP contribution in [-0.4, -0.2) is 37.2 Å². The van der Waals surface area contributed by atoms with Gasteiger partial charge in [-0.05, 0) is 31.1 Å². The van der Waals surface area contributed by atoms with Crippen molar-refractivity contribution in [3.63, 3.8) is 0 Å². The van der Waals surface area contributed by atoms with Crippen molar-refractivity contribution in [2.24, 2.45) is 11.8 Å². The van der Waals surface area contributed by atoms with Gasteiger partial charge in [-0.15, -0.1) is 0 Å². The third kappa shape index (κ3) is 45.3. The fourth-order valence-corrected chi connectivity index (χ4v) is 7.64. The average molecular weight is 807 g/mol. The molecule has 0 radical (unpaired) electrons. The van der Waals surface area contributed by atoms with Crippen molar-refractivity contribution < 1.29 is 28.6 Å². The van der Waals surface area contributed by atoms with Crippen LogP contribution in [0.15, 0.2) is 0 Å². The molecule has 0 fully saturated rings. The Morgan fingerprint density at radius 3 is 0.860 bits per heavy atom. The molecule has 0 spiro atoms. The van der Waals surface area contributed by atoms with E-state index in [4.69, 9.17) is 14.2 Å². The van der Waals surface area contributed by atoms with Crippen LogP contribution in [0.3, 0.4) is 0 Å². The Hall–Kier alpha value is -1.59. The molecule has 0 N–H and O–H groups in total. The monoisotopic (exact) mass is 807 g/mol. The maximum Gasteiger partial charge on any atom is 0.306 e. The number of carbonyl (C=O) groups is 3. The van der Waals surface area contributed by atoms with Crippen molar-refractivity contribution in [3.8, 4) is 0 Å². The van der Waals surface area contributed by atoms with Gasteiger partial charge in [-0.1, -0.05) is 240 Å². The Bertz CT molecular complexity index is 870. The molecule has 0 heterocycles. The van der Waals surface area contributed by atoms with Gasteiger partial charge in [-0.25, -0.2) is 0 Å². The Labute approximate surface area is 355 Å². The minimum Gasteiger partial charge on any atom is -0.462 e. The molecule has 0 aromatic carbocycles. The Balaban J connectivity index is 4.20. The summed E-state index contributed by atoms with van der Waals surface area (Å²) in [5.41, 5.74) is 0. The number of esters is 3. The highest BCUT2D eigenvalue weighted by Crippen LogP contribution is 2.17. The number of rotatable bonds is 45. The van der Waals surface area contributed by atoms with Gasteiger partial charge in [-0.2, -0.15) is 0 Å². The molecule has 6 nitrogen and oxygen atoms in total. The fraction of sp³-hybridized carbons (Fsp3) is 0.941. The standard InChI is InChI=1S/C51H98O6/c1-6-7-8-9-10-19-28-33-38-43-51(54)57-48(45-56-50(53)42-37-32-27-23-22-25-30-35-40-47(4)5)44-55-49(52)41-36-31-26-21-18-16-14-12-11-13-15-17-20-24-29-34-39-46(2)3/h46-48H,6-45H2,1-5H3/t48-/m0/s1. The molecule has 0 aliphatic heterocycles. The summed E-state index contributed by atoms with van der Waals surface area (Å²) in [6, 6.07) is 0. The van der Waals surface area contributed by atoms with Gasteiger partial charge < -0.3 is 14.2 Å². The molecule has 6 heteroatoms. The van der Waals surface area contributed by atoms with E-state index in [1.54, 1.807) is 0 Å². The molecular formula is C51H98O6. The van der Waals surface area contributed by atoms with E-state index in [0.717, 1.165) is 69.6 Å². The second kappa shape index (κ2) is 44.0. The first-order chi connectivity index (χ1) is 27.7. The molecule has 0 saturated carbocycles. The molecule has 0 aromatic rings. The highest BCUT2D eigenvalue weighted by atomic mass is 16.6. The fourth-order valence-electron chi connectivity index (χ4n) is 7.64. The van der Waals surface area contributed by atoms with E-state index in [9.17, 15) is 14.4 Å². The maximum atomic E-state index is 12.7. The van der Waals surface area contributed by atoms with Gasteiger partial charge in [0.1, 0.15) is 13.2 Å². The summed E-state index contributed by atoms with van der Waals surface area (Å²) in [6.07, 6.45) is 43.9. The molecule has 0 rings (SSSR count). The molecule has 0 bridgehead atoms. The van der Waals surface area contributed by atoms with E-state index in [-0.39, 0.29) is 31.1 Å². The molecule has 0 aromatic heterocycles. The van der Waals surface area contributed by atoms with Gasteiger partial charge in [-0.3, -0.25) is 14.4 Å². The molecule has 0 saturated heterocycles. The van der Waals surface area contributed by atoms with Crippen LogP contribution in [0.25, 0.3) is 0 Å². The quantitative estimate of drug-likeness (QED) is 0.0346. The summed E-state index contributed by atoms with van der Waals surface area (Å²) >= 11 is 0. The Morgan fingerprint density at radius 2 is 0.579 bits per heavy atom. The smallest absolute Gasteiger partial charge is 0.306 e. The van der Waals surface area contributed by atoms with Gasteiger partial charge in [0.2, 0.25) is 0 Å². The molecule has 338 valence electrons. The van der Waals surface area contributed by atoms with Crippen LogP contribution in [-0.2, 0) is 28.6 Å². The highest BCUT2D eigenvalue weighted by molar-refractivity contribution is 5.71. The molecular weight excluding hydrogens is 709 g/mol. The summed E-state index contributed by atoms with van der Waals surface area (Å²) in [5.74, 6) is 0.795. The summed E-state index contributed by atoms with van der Waals surface area (Å²) in [5, 5.41) is 0. The van der Waals surface area contributed by atoms with E-state index < -0.39 is 6.10 Å². The first kappa shape index (κ1) is 55.4. The van der Waals surface area contributed by atoms with Gasteiger partial charge in [0.15, 0.2) is 6.10 Å². The van der Waals surface area contributed by atoms with Crippen molar-refractivity contribution in [2.45, 2.75) is 285 Å². The zero-order valence-corrected chi connectivity index (χ0v) is 39.0. The predicted octanol–water partition coefficient (Wildman–Crippen LogP) is 16.1. The number of hydrogen-bond donors (Lipinski definition) is 0. The lowest BCUT2D eigenvalue weighted by molar-refractivity contribution is -0.167. The number of hydrogen-bond acceptors (Lipinski definition) is 6. The summed E-state index contributed by atoms with van der Waals surface area (Å²) in [7, 11) is 0. The third-order valence-corrected chi connectivity index (χ3v) is 11.5. The van der Waals surface area contributed by atoms with E-state index in [0.29, 0.717) is 19.3 Å².